The van der Waals surface area contributed by atoms with Crippen molar-refractivity contribution in [2.75, 3.05) is 0 Å². The van der Waals surface area contributed by atoms with Crippen LogP contribution in [0.2, 0.25) is 0 Å². The topological polar surface area (TPSA) is 92.0 Å². The summed E-state index contributed by atoms with van der Waals surface area (Å²) in [4.78, 5) is 22.4. The maximum absolute atomic E-state index is 11.1. The van der Waals surface area contributed by atoms with E-state index in [1.54, 1.807) is 6.26 Å². The average molecular weight is 257 g/mol. The van der Waals surface area contributed by atoms with E-state index < -0.39 is 5.97 Å². The molecule has 6 heteroatoms. The fourth-order valence-corrected chi connectivity index (χ4v) is 1.95. The molecule has 6 nitrogen and oxygen atoms in total. The highest BCUT2D eigenvalue weighted by Crippen LogP contribution is 2.15. The van der Waals surface area contributed by atoms with E-state index in [-0.39, 0.29) is 5.56 Å². The van der Waals surface area contributed by atoms with Crippen LogP contribution < -0.4 is 0 Å². The molecule has 3 rings (SSSR count). The summed E-state index contributed by atoms with van der Waals surface area (Å²) in [5.74, 6) is 0.577. The number of H-pyrrole nitrogens is 1. The SMILES string of the molecule is O=C(O)c1ccnc2nc(CCc3ccco3)[nH]c12. The van der Waals surface area contributed by atoms with Gasteiger partial charge < -0.3 is 14.5 Å². The molecule has 0 radical (unpaired) electrons. The Kier molecular flexibility index (Phi) is 2.75. The first kappa shape index (κ1) is 11.5. The molecule has 3 aromatic heterocycles. The number of rotatable bonds is 4. The standard InChI is InChI=1S/C13H11N3O3/c17-13(18)9-5-6-14-12-11(9)15-10(16-12)4-3-8-2-1-7-19-8/h1-2,5-7H,3-4H2,(H,17,18)(H,14,15,16). The highest BCUT2D eigenvalue weighted by Gasteiger charge is 2.13. The van der Waals surface area contributed by atoms with Gasteiger partial charge in [0.05, 0.1) is 17.3 Å². The summed E-state index contributed by atoms with van der Waals surface area (Å²) < 4.78 is 5.24. The van der Waals surface area contributed by atoms with Crippen molar-refractivity contribution in [2.45, 2.75) is 12.8 Å². The molecule has 0 fully saturated rings. The molecule has 3 aromatic rings. The van der Waals surface area contributed by atoms with Crippen LogP contribution in [0, 0.1) is 0 Å². The minimum atomic E-state index is -0.992. The van der Waals surface area contributed by atoms with Crippen molar-refractivity contribution in [3.63, 3.8) is 0 Å². The lowest BCUT2D eigenvalue weighted by atomic mass is 10.2. The van der Waals surface area contributed by atoms with Gasteiger partial charge in [-0.25, -0.2) is 14.8 Å². The maximum atomic E-state index is 11.1. The number of hydrogen-bond acceptors (Lipinski definition) is 4. The van der Waals surface area contributed by atoms with Crippen LogP contribution in [0.4, 0.5) is 0 Å². The molecule has 0 atom stereocenters. The number of carboxylic acids is 1. The van der Waals surface area contributed by atoms with Crippen LogP contribution in [-0.2, 0) is 12.8 Å². The van der Waals surface area contributed by atoms with E-state index in [1.165, 1.54) is 12.3 Å². The van der Waals surface area contributed by atoms with Crippen molar-refractivity contribution >= 4 is 17.1 Å². The number of imidazole rings is 1. The Balaban J connectivity index is 1.89. The van der Waals surface area contributed by atoms with Crippen molar-refractivity contribution in [1.82, 2.24) is 15.0 Å². The maximum Gasteiger partial charge on any atom is 0.338 e. The third-order valence-electron chi connectivity index (χ3n) is 2.86. The van der Waals surface area contributed by atoms with Gasteiger partial charge in [-0.3, -0.25) is 0 Å². The van der Waals surface area contributed by atoms with Crippen LogP contribution >= 0.6 is 0 Å². The van der Waals surface area contributed by atoms with Gasteiger partial charge in [0, 0.05) is 19.0 Å². The number of nitrogens with one attached hydrogen (secondary N) is 1. The van der Waals surface area contributed by atoms with Crippen molar-refractivity contribution in [2.24, 2.45) is 0 Å². The van der Waals surface area contributed by atoms with Gasteiger partial charge in [0.1, 0.15) is 11.6 Å². The zero-order valence-corrected chi connectivity index (χ0v) is 9.96. The number of pyridine rings is 1. The summed E-state index contributed by atoms with van der Waals surface area (Å²) in [7, 11) is 0. The zero-order valence-electron chi connectivity index (χ0n) is 9.96. The summed E-state index contributed by atoms with van der Waals surface area (Å²) in [6.45, 7) is 0. The first-order valence-electron chi connectivity index (χ1n) is 5.83. The first-order chi connectivity index (χ1) is 9.24. The second kappa shape index (κ2) is 4.56. The number of furan rings is 1. The fourth-order valence-electron chi connectivity index (χ4n) is 1.95. The lowest BCUT2D eigenvalue weighted by molar-refractivity contribution is 0.0698. The van der Waals surface area contributed by atoms with Crippen LogP contribution in [0.3, 0.4) is 0 Å². The summed E-state index contributed by atoms with van der Waals surface area (Å²) in [5, 5.41) is 9.08. The number of carbonyl (C=O) groups is 1. The van der Waals surface area contributed by atoms with Crippen molar-refractivity contribution in [3.05, 3.63) is 47.8 Å². The highest BCUT2D eigenvalue weighted by molar-refractivity contribution is 5.99. The highest BCUT2D eigenvalue weighted by atomic mass is 16.4. The number of aryl methyl sites for hydroxylation is 2. The quantitative estimate of drug-likeness (QED) is 0.746. The second-order valence-electron chi connectivity index (χ2n) is 4.13. The van der Waals surface area contributed by atoms with E-state index >= 15 is 0 Å². The van der Waals surface area contributed by atoms with E-state index in [1.807, 2.05) is 12.1 Å². The molecule has 2 N–H and O–H groups in total. The molecule has 3 heterocycles. The monoisotopic (exact) mass is 257 g/mol. The Hall–Kier alpha value is -2.63. The molecule has 96 valence electrons. The van der Waals surface area contributed by atoms with Crippen molar-refractivity contribution < 1.29 is 14.3 Å². The van der Waals surface area contributed by atoms with Gasteiger partial charge >= 0.3 is 5.97 Å². The minimum Gasteiger partial charge on any atom is -0.478 e. The van der Waals surface area contributed by atoms with Crippen molar-refractivity contribution in [3.8, 4) is 0 Å². The average Bonchev–Trinajstić information content (AvgIpc) is 3.04. The lowest BCUT2D eigenvalue weighted by Crippen LogP contribution is -1.98. The van der Waals surface area contributed by atoms with Gasteiger partial charge in [0.15, 0.2) is 5.65 Å². The van der Waals surface area contributed by atoms with E-state index in [2.05, 4.69) is 15.0 Å². The molecule has 0 saturated heterocycles. The third-order valence-corrected chi connectivity index (χ3v) is 2.86. The summed E-state index contributed by atoms with van der Waals surface area (Å²) >= 11 is 0. The molecule has 0 amide bonds. The van der Waals surface area contributed by atoms with Gasteiger partial charge in [-0.2, -0.15) is 0 Å². The Morgan fingerprint density at radius 2 is 2.26 bits per heavy atom. The largest absolute Gasteiger partial charge is 0.478 e. The van der Waals surface area contributed by atoms with E-state index in [4.69, 9.17) is 9.52 Å². The number of carboxylic acid groups (broad SMARTS) is 1. The molecular weight excluding hydrogens is 246 g/mol. The molecule has 19 heavy (non-hydrogen) atoms. The molecule has 0 aliphatic heterocycles. The molecule has 0 unspecified atom stereocenters. The summed E-state index contributed by atoms with van der Waals surface area (Å²) in [6.07, 6.45) is 4.42. The lowest BCUT2D eigenvalue weighted by Gasteiger charge is -1.94. The van der Waals surface area contributed by atoms with Gasteiger partial charge in [-0.1, -0.05) is 0 Å². The smallest absolute Gasteiger partial charge is 0.338 e. The Bertz CT molecular complexity index is 716. The van der Waals surface area contributed by atoms with Gasteiger partial charge in [-0.05, 0) is 18.2 Å². The van der Waals surface area contributed by atoms with Gasteiger partial charge in [-0.15, -0.1) is 0 Å². The fraction of sp³-hybridized carbons (Fsp3) is 0.154. The zero-order chi connectivity index (χ0) is 13.2. The second-order valence-corrected chi connectivity index (χ2v) is 4.13. The number of fused-ring (bicyclic) bond motifs is 1. The van der Waals surface area contributed by atoms with E-state index in [0.29, 0.717) is 29.8 Å². The molecule has 0 aliphatic rings. The van der Waals surface area contributed by atoms with Crippen LogP contribution in [0.5, 0.6) is 0 Å². The molecule has 0 aromatic carbocycles. The van der Waals surface area contributed by atoms with Crippen molar-refractivity contribution in [1.29, 1.82) is 0 Å². The summed E-state index contributed by atoms with van der Waals surface area (Å²) in [5.41, 5.74) is 1.07. The number of aromatic carboxylic acids is 1. The minimum absolute atomic E-state index is 0.182. The first-order valence-corrected chi connectivity index (χ1v) is 5.83. The Morgan fingerprint density at radius 3 is 3.00 bits per heavy atom. The van der Waals surface area contributed by atoms with Gasteiger partial charge in [0.2, 0.25) is 0 Å². The molecule has 0 saturated carbocycles. The number of nitrogens with zero attached hydrogens (tertiary/aromatic N) is 2. The van der Waals surface area contributed by atoms with E-state index in [9.17, 15) is 4.79 Å². The summed E-state index contributed by atoms with van der Waals surface area (Å²) in [6, 6.07) is 5.18. The molecular formula is C13H11N3O3. The molecule has 0 aliphatic carbocycles. The third kappa shape index (κ3) is 2.20. The number of hydrogen-bond donors (Lipinski definition) is 2. The number of aromatic nitrogens is 3. The number of aromatic amines is 1. The predicted molar refractivity (Wildman–Crippen MR) is 67.0 cm³/mol. The normalized spacial score (nSPS) is 10.9. The molecule has 0 bridgehead atoms. The van der Waals surface area contributed by atoms with Crippen LogP contribution in [0.1, 0.15) is 21.9 Å². The Morgan fingerprint density at radius 1 is 1.37 bits per heavy atom. The van der Waals surface area contributed by atoms with Gasteiger partial charge in [0.25, 0.3) is 0 Å². The predicted octanol–water partition coefficient (Wildman–Crippen LogP) is 2.03. The van der Waals surface area contributed by atoms with Crippen LogP contribution in [0.25, 0.3) is 11.2 Å². The Labute approximate surface area is 108 Å². The van der Waals surface area contributed by atoms with E-state index in [0.717, 1.165) is 5.76 Å². The molecule has 0 spiro atoms. The van der Waals surface area contributed by atoms with Crippen LogP contribution in [0.15, 0.2) is 35.1 Å². The van der Waals surface area contributed by atoms with Crippen LogP contribution in [-0.4, -0.2) is 26.0 Å².